The maximum absolute atomic E-state index is 10.7. The summed E-state index contributed by atoms with van der Waals surface area (Å²) in [4.78, 5) is 10.7. The molecule has 1 rings (SSSR count). The van der Waals surface area contributed by atoms with E-state index in [2.05, 4.69) is 6.92 Å². The molecule has 0 saturated carbocycles. The van der Waals surface area contributed by atoms with Crippen LogP contribution in [0.1, 0.15) is 15.9 Å². The molecule has 0 aliphatic heterocycles. The summed E-state index contributed by atoms with van der Waals surface area (Å²) >= 11 is 0. The normalized spacial score (nSPS) is 8.71. The van der Waals surface area contributed by atoms with E-state index in [1.807, 2.05) is 0 Å². The van der Waals surface area contributed by atoms with Gasteiger partial charge in [-0.25, -0.2) is 0 Å². The summed E-state index contributed by atoms with van der Waals surface area (Å²) in [5.74, 6) is 0.974. The van der Waals surface area contributed by atoms with Crippen molar-refractivity contribution < 1.29 is 33.1 Å². The Kier molecular flexibility index (Phi) is 5.22. The number of benzene rings is 1. The fourth-order valence-corrected chi connectivity index (χ4v) is 1.12. The minimum absolute atomic E-state index is 0. The molecule has 0 aliphatic carbocycles. The molecule has 1 aromatic rings. The van der Waals surface area contributed by atoms with E-state index in [1.54, 1.807) is 12.1 Å². The Bertz CT molecular complexity index is 323. The summed E-state index contributed by atoms with van der Waals surface area (Å²) in [6.07, 6.45) is 0.712. The van der Waals surface area contributed by atoms with E-state index in [0.717, 1.165) is 0 Å². The number of hydrogen-bond donors (Lipinski definition) is 0. The predicted octanol–water partition coefficient (Wildman–Crippen LogP) is -1.30. The zero-order chi connectivity index (χ0) is 9.84. The number of hydrogen-bond acceptors (Lipinski definition) is 3. The van der Waals surface area contributed by atoms with Gasteiger partial charge >= 0.3 is 18.9 Å². The molecule has 0 aliphatic rings. The van der Waals surface area contributed by atoms with Gasteiger partial charge in [0.25, 0.3) is 0 Å². The van der Waals surface area contributed by atoms with E-state index in [1.165, 1.54) is 14.2 Å². The molecule has 0 saturated heterocycles. The average Bonchev–Trinajstić information content (AvgIpc) is 2.17. The molecular weight excluding hydrogens is 175 g/mol. The molecule has 0 unspecified atom stereocenters. The summed E-state index contributed by atoms with van der Waals surface area (Å²) in [5.41, 5.74) is 1.06. The van der Waals surface area contributed by atoms with E-state index < -0.39 is 0 Å². The zero-order valence-electron chi connectivity index (χ0n) is 8.66. The van der Waals surface area contributed by atoms with E-state index in [9.17, 15) is 4.79 Å². The van der Waals surface area contributed by atoms with Gasteiger partial charge < -0.3 is 14.3 Å². The molecule has 0 spiro atoms. The number of carbonyl (C=O) groups excluding carboxylic acids is 1. The van der Waals surface area contributed by atoms with Crippen LogP contribution in [0.3, 0.4) is 0 Å². The second kappa shape index (κ2) is 5.64. The van der Waals surface area contributed by atoms with E-state index >= 15 is 0 Å². The van der Waals surface area contributed by atoms with Crippen LogP contribution >= 0.6 is 0 Å². The molecule has 0 aromatic heterocycles. The molecule has 0 atom stereocenters. The van der Waals surface area contributed by atoms with Crippen LogP contribution in [0.5, 0.6) is 11.5 Å². The Morgan fingerprint density at radius 1 is 1.29 bits per heavy atom. The van der Waals surface area contributed by atoms with Gasteiger partial charge in [-0.05, 0) is 5.56 Å². The van der Waals surface area contributed by atoms with E-state index in [4.69, 9.17) is 9.47 Å². The molecule has 4 heteroatoms. The topological polar surface area (TPSA) is 35.5 Å². The van der Waals surface area contributed by atoms with Gasteiger partial charge in [-0.1, -0.05) is 6.07 Å². The van der Waals surface area contributed by atoms with E-state index in [-0.39, 0.29) is 18.9 Å². The third-order valence-corrected chi connectivity index (χ3v) is 1.79. The number of rotatable bonds is 3. The van der Waals surface area contributed by atoms with Gasteiger partial charge in [-0.3, -0.25) is 0 Å². The smallest absolute Gasteiger partial charge is 0.505 e. The van der Waals surface area contributed by atoms with E-state index in [0.29, 0.717) is 28.9 Å². The first kappa shape index (κ1) is 13.0. The number of aldehydes is 1. The van der Waals surface area contributed by atoms with Crippen LogP contribution in [-0.2, 0) is 0 Å². The van der Waals surface area contributed by atoms with Crippen LogP contribution in [0.4, 0.5) is 0 Å². The SMILES string of the molecule is [CH2-]c1ccc(OC)c(OC)c1C=O.[Li+]. The Balaban J connectivity index is 0.00000169. The molecule has 0 N–H and O–H groups in total. The number of carbonyl (C=O) groups is 1. The molecule has 1 aromatic carbocycles. The molecule has 0 heterocycles. The molecule has 0 amide bonds. The quantitative estimate of drug-likeness (QED) is 0.334. The maximum atomic E-state index is 10.7. The van der Waals surface area contributed by atoms with Crippen LogP contribution < -0.4 is 28.3 Å². The predicted molar refractivity (Wildman–Crippen MR) is 49.4 cm³/mol. The third kappa shape index (κ3) is 2.25. The Labute approximate surface area is 95.6 Å². The molecular formula is C10H11LiO3. The first-order valence-corrected chi connectivity index (χ1v) is 3.76. The molecule has 0 bridgehead atoms. The van der Waals surface area contributed by atoms with Crippen molar-refractivity contribution in [2.75, 3.05) is 14.2 Å². The van der Waals surface area contributed by atoms with Crippen molar-refractivity contribution in [2.24, 2.45) is 0 Å². The third-order valence-electron chi connectivity index (χ3n) is 1.79. The van der Waals surface area contributed by atoms with Crippen molar-refractivity contribution in [1.29, 1.82) is 0 Å². The van der Waals surface area contributed by atoms with Gasteiger partial charge in [0.1, 0.15) is 11.5 Å². The fraction of sp³-hybridized carbons (Fsp3) is 0.200. The summed E-state index contributed by atoms with van der Waals surface area (Å²) in [6.45, 7) is 3.71. The summed E-state index contributed by atoms with van der Waals surface area (Å²) in [7, 11) is 3.01. The van der Waals surface area contributed by atoms with Gasteiger partial charge in [0.15, 0.2) is 0 Å². The largest absolute Gasteiger partial charge is 1.00 e. The van der Waals surface area contributed by atoms with Gasteiger partial charge in [-0.15, -0.1) is 0 Å². The van der Waals surface area contributed by atoms with Gasteiger partial charge in [0.05, 0.1) is 20.5 Å². The van der Waals surface area contributed by atoms with Crippen molar-refractivity contribution in [3.8, 4) is 11.5 Å². The average molecular weight is 186 g/mol. The van der Waals surface area contributed by atoms with Crippen LogP contribution in [0.2, 0.25) is 0 Å². The Morgan fingerprint density at radius 2 is 1.93 bits per heavy atom. The van der Waals surface area contributed by atoms with Crippen molar-refractivity contribution in [3.63, 3.8) is 0 Å². The number of ether oxygens (including phenoxy) is 2. The number of methoxy groups -OCH3 is 2. The maximum Gasteiger partial charge on any atom is 1.00 e. The van der Waals surface area contributed by atoms with Gasteiger partial charge in [0, 0.05) is 0 Å². The van der Waals surface area contributed by atoms with Gasteiger partial charge in [-0.2, -0.15) is 18.6 Å². The van der Waals surface area contributed by atoms with Crippen molar-refractivity contribution in [3.05, 3.63) is 30.2 Å². The second-order valence-electron chi connectivity index (χ2n) is 2.49. The van der Waals surface area contributed by atoms with Crippen LogP contribution in [0.15, 0.2) is 12.1 Å². The summed E-state index contributed by atoms with van der Waals surface area (Å²) in [5, 5.41) is 0. The van der Waals surface area contributed by atoms with Crippen LogP contribution in [-0.4, -0.2) is 20.5 Å². The minimum atomic E-state index is 0. The zero-order valence-corrected chi connectivity index (χ0v) is 8.66. The summed E-state index contributed by atoms with van der Waals surface area (Å²) < 4.78 is 10.1. The van der Waals surface area contributed by atoms with Crippen molar-refractivity contribution >= 4 is 6.29 Å². The monoisotopic (exact) mass is 186 g/mol. The Morgan fingerprint density at radius 3 is 2.36 bits per heavy atom. The van der Waals surface area contributed by atoms with Crippen molar-refractivity contribution in [1.82, 2.24) is 0 Å². The van der Waals surface area contributed by atoms with Crippen LogP contribution in [0, 0.1) is 6.92 Å². The first-order chi connectivity index (χ1) is 6.24. The molecule has 0 fully saturated rings. The van der Waals surface area contributed by atoms with Crippen molar-refractivity contribution in [2.45, 2.75) is 0 Å². The molecule has 3 nitrogen and oxygen atoms in total. The second-order valence-corrected chi connectivity index (χ2v) is 2.49. The van der Waals surface area contributed by atoms with Crippen LogP contribution in [0.25, 0.3) is 0 Å². The molecule has 0 radical (unpaired) electrons. The molecule has 70 valence electrons. The van der Waals surface area contributed by atoms with Gasteiger partial charge in [0.2, 0.25) is 0 Å². The standard InChI is InChI=1S/C10H11O3.Li/c1-7-4-5-9(12-2)10(13-3)8(7)6-11;/h4-6H,1H2,2-3H3;/q-1;+1. The molecule has 14 heavy (non-hydrogen) atoms. The fourth-order valence-electron chi connectivity index (χ4n) is 1.12. The first-order valence-electron chi connectivity index (χ1n) is 3.76. The summed E-state index contributed by atoms with van der Waals surface area (Å²) in [6, 6.07) is 3.43. The Hall–Kier alpha value is -1.04. The minimum Gasteiger partial charge on any atom is -0.505 e.